The zero-order chi connectivity index (χ0) is 12.0. The summed E-state index contributed by atoms with van der Waals surface area (Å²) < 4.78 is 5.62. The lowest BCUT2D eigenvalue weighted by Gasteiger charge is -2.31. The van der Waals surface area contributed by atoms with Crippen molar-refractivity contribution in [2.45, 2.75) is 32.4 Å². The number of nitrogens with zero attached hydrogens (tertiary/aromatic N) is 1. The van der Waals surface area contributed by atoms with Gasteiger partial charge in [-0.25, -0.2) is 0 Å². The van der Waals surface area contributed by atoms with Crippen LogP contribution in [0.3, 0.4) is 0 Å². The molecule has 0 radical (unpaired) electrons. The minimum Gasteiger partial charge on any atom is -0.375 e. The summed E-state index contributed by atoms with van der Waals surface area (Å²) in [6.07, 6.45) is 1.32. The lowest BCUT2D eigenvalue weighted by atomic mass is 10.0. The van der Waals surface area contributed by atoms with E-state index in [1.165, 1.54) is 12.0 Å². The highest BCUT2D eigenvalue weighted by atomic mass is 16.5. The van der Waals surface area contributed by atoms with Crippen LogP contribution in [0.1, 0.15) is 31.9 Å². The summed E-state index contributed by atoms with van der Waals surface area (Å²) in [5.41, 5.74) is 1.25. The summed E-state index contributed by atoms with van der Waals surface area (Å²) in [6.45, 7) is 5.53. The minimum atomic E-state index is 0.151. The number of benzene rings is 1. The van der Waals surface area contributed by atoms with Crippen molar-refractivity contribution in [3.05, 3.63) is 35.9 Å². The maximum Gasteiger partial charge on any atom is 0.0973 e. The highest BCUT2D eigenvalue weighted by molar-refractivity contribution is 5.19. The summed E-state index contributed by atoms with van der Waals surface area (Å²) >= 11 is 0. The van der Waals surface area contributed by atoms with Crippen LogP contribution in [-0.2, 0) is 4.74 Å². The first-order valence-electron chi connectivity index (χ1n) is 5.98. The van der Waals surface area contributed by atoms with E-state index in [1.807, 2.05) is 6.07 Å². The second-order valence-electron chi connectivity index (χ2n) is 4.29. The molecule has 1 aromatic rings. The van der Waals surface area contributed by atoms with Crippen LogP contribution in [0, 0.1) is 0 Å². The van der Waals surface area contributed by atoms with Gasteiger partial charge in [-0.15, -0.1) is 0 Å². The van der Waals surface area contributed by atoms with E-state index in [0.29, 0.717) is 6.04 Å². The minimum absolute atomic E-state index is 0.151. The first kappa shape index (κ1) is 13.2. The summed E-state index contributed by atoms with van der Waals surface area (Å²) in [4.78, 5) is 2.35. The van der Waals surface area contributed by atoms with Crippen molar-refractivity contribution in [3.8, 4) is 0 Å². The van der Waals surface area contributed by atoms with Crippen molar-refractivity contribution >= 4 is 0 Å². The first-order chi connectivity index (χ1) is 7.70. The fourth-order valence-electron chi connectivity index (χ4n) is 2.04. The van der Waals surface area contributed by atoms with Crippen molar-refractivity contribution in [1.29, 1.82) is 0 Å². The molecule has 0 bridgehead atoms. The predicted molar refractivity (Wildman–Crippen MR) is 68.6 cm³/mol. The van der Waals surface area contributed by atoms with Crippen LogP contribution in [0.4, 0.5) is 0 Å². The van der Waals surface area contributed by atoms with Crippen molar-refractivity contribution in [3.63, 3.8) is 0 Å². The molecule has 0 aromatic heterocycles. The molecular formula is C14H23NO. The maximum absolute atomic E-state index is 5.62. The molecule has 16 heavy (non-hydrogen) atoms. The van der Waals surface area contributed by atoms with Gasteiger partial charge in [0.1, 0.15) is 0 Å². The summed E-state index contributed by atoms with van der Waals surface area (Å²) in [5.74, 6) is 0. The Kier molecular flexibility index (Phi) is 5.50. The number of ether oxygens (including phenoxy) is 1. The molecule has 2 nitrogen and oxygen atoms in total. The highest BCUT2D eigenvalue weighted by Gasteiger charge is 2.21. The maximum atomic E-state index is 5.62. The molecule has 90 valence electrons. The Morgan fingerprint density at radius 3 is 2.38 bits per heavy atom. The van der Waals surface area contributed by atoms with Gasteiger partial charge in [0.15, 0.2) is 0 Å². The second-order valence-corrected chi connectivity index (χ2v) is 4.29. The van der Waals surface area contributed by atoms with Gasteiger partial charge in [-0.05, 0) is 32.5 Å². The third-order valence-corrected chi connectivity index (χ3v) is 3.09. The van der Waals surface area contributed by atoms with Crippen molar-refractivity contribution in [2.24, 2.45) is 0 Å². The molecule has 2 heteroatoms. The van der Waals surface area contributed by atoms with Gasteiger partial charge in [0.25, 0.3) is 0 Å². The molecule has 0 spiro atoms. The largest absolute Gasteiger partial charge is 0.375 e. The Morgan fingerprint density at radius 2 is 1.88 bits per heavy atom. The molecule has 1 aromatic carbocycles. The fraction of sp³-hybridized carbons (Fsp3) is 0.571. The Labute approximate surface area is 99.2 Å². The van der Waals surface area contributed by atoms with Gasteiger partial charge in [-0.3, -0.25) is 0 Å². The number of methoxy groups -OCH3 is 1. The number of hydrogen-bond donors (Lipinski definition) is 0. The van der Waals surface area contributed by atoms with E-state index in [9.17, 15) is 0 Å². The highest BCUT2D eigenvalue weighted by Crippen LogP contribution is 2.23. The van der Waals surface area contributed by atoms with E-state index >= 15 is 0 Å². The van der Waals surface area contributed by atoms with Gasteiger partial charge >= 0.3 is 0 Å². The van der Waals surface area contributed by atoms with Crippen LogP contribution < -0.4 is 0 Å². The van der Waals surface area contributed by atoms with Gasteiger partial charge in [-0.2, -0.15) is 0 Å². The molecule has 2 atom stereocenters. The molecule has 0 heterocycles. The van der Waals surface area contributed by atoms with Crippen LogP contribution in [0.15, 0.2) is 30.3 Å². The van der Waals surface area contributed by atoms with Crippen molar-refractivity contribution in [2.75, 3.05) is 20.7 Å². The molecule has 0 saturated heterocycles. The molecule has 0 N–H and O–H groups in total. The summed E-state index contributed by atoms with van der Waals surface area (Å²) in [7, 11) is 3.94. The van der Waals surface area contributed by atoms with E-state index < -0.39 is 0 Å². The van der Waals surface area contributed by atoms with E-state index in [2.05, 4.69) is 50.1 Å². The fourth-order valence-corrected chi connectivity index (χ4v) is 2.04. The number of hydrogen-bond acceptors (Lipinski definition) is 2. The number of rotatable bonds is 6. The second kappa shape index (κ2) is 6.66. The Bertz CT molecular complexity index is 286. The first-order valence-corrected chi connectivity index (χ1v) is 5.98. The predicted octanol–water partition coefficient (Wildman–Crippen LogP) is 3.10. The molecule has 0 aliphatic carbocycles. The van der Waals surface area contributed by atoms with Gasteiger partial charge in [0.2, 0.25) is 0 Å². The molecule has 0 unspecified atom stereocenters. The Hall–Kier alpha value is -0.860. The Balaban J connectivity index is 2.74. The average molecular weight is 221 g/mol. The molecule has 0 saturated carbocycles. The van der Waals surface area contributed by atoms with Crippen LogP contribution in [-0.4, -0.2) is 31.6 Å². The molecule has 0 aliphatic heterocycles. The van der Waals surface area contributed by atoms with Crippen LogP contribution >= 0.6 is 0 Å². The van der Waals surface area contributed by atoms with Gasteiger partial charge < -0.3 is 9.64 Å². The monoisotopic (exact) mass is 221 g/mol. The van der Waals surface area contributed by atoms with E-state index in [0.717, 1.165) is 6.54 Å². The Morgan fingerprint density at radius 1 is 1.25 bits per heavy atom. The van der Waals surface area contributed by atoms with Gasteiger partial charge in [0, 0.05) is 13.2 Å². The molecule has 1 rings (SSSR count). The SMILES string of the molecule is CCCN(C)[C@H](C)[C@@H](OC)c1ccccc1. The molecule has 0 amide bonds. The quantitative estimate of drug-likeness (QED) is 0.732. The third kappa shape index (κ3) is 3.32. The van der Waals surface area contributed by atoms with Gasteiger partial charge in [0.05, 0.1) is 6.10 Å². The zero-order valence-electron chi connectivity index (χ0n) is 10.8. The third-order valence-electron chi connectivity index (χ3n) is 3.09. The zero-order valence-corrected chi connectivity index (χ0v) is 10.8. The van der Waals surface area contributed by atoms with Crippen molar-refractivity contribution < 1.29 is 4.74 Å². The van der Waals surface area contributed by atoms with E-state index in [1.54, 1.807) is 7.11 Å². The normalized spacial score (nSPS) is 15.1. The topological polar surface area (TPSA) is 12.5 Å². The van der Waals surface area contributed by atoms with E-state index in [4.69, 9.17) is 4.74 Å². The molecule has 0 fully saturated rings. The standard InChI is InChI=1S/C14H23NO/c1-5-11-15(3)12(2)14(16-4)13-9-7-6-8-10-13/h6-10,12,14H,5,11H2,1-4H3/t12-,14-/m1/s1. The van der Waals surface area contributed by atoms with Crippen molar-refractivity contribution in [1.82, 2.24) is 4.90 Å². The smallest absolute Gasteiger partial charge is 0.0973 e. The molecule has 0 aliphatic rings. The lowest BCUT2D eigenvalue weighted by Crippen LogP contribution is -2.35. The van der Waals surface area contributed by atoms with Crippen LogP contribution in [0.5, 0.6) is 0 Å². The van der Waals surface area contributed by atoms with Crippen LogP contribution in [0.25, 0.3) is 0 Å². The van der Waals surface area contributed by atoms with E-state index in [-0.39, 0.29) is 6.10 Å². The number of likely N-dealkylation sites (N-methyl/N-ethyl adjacent to an activating group) is 1. The summed E-state index contributed by atoms with van der Waals surface area (Å²) in [5, 5.41) is 0. The van der Waals surface area contributed by atoms with Gasteiger partial charge in [-0.1, -0.05) is 37.3 Å². The average Bonchev–Trinajstić information content (AvgIpc) is 2.31. The molecular weight excluding hydrogens is 198 g/mol. The summed E-state index contributed by atoms with van der Waals surface area (Å²) in [6, 6.07) is 10.8. The van der Waals surface area contributed by atoms with Crippen LogP contribution in [0.2, 0.25) is 0 Å². The lowest BCUT2D eigenvalue weighted by molar-refractivity contribution is 0.0301.